The molecule has 0 fully saturated rings. The number of nitriles is 1. The molecule has 4 N–H and O–H groups in total. The lowest BCUT2D eigenvalue weighted by atomic mass is 9.88. The summed E-state index contributed by atoms with van der Waals surface area (Å²) in [6.07, 6.45) is 0. The number of hydrogen-bond acceptors (Lipinski definition) is 5. The summed E-state index contributed by atoms with van der Waals surface area (Å²) in [6.45, 7) is 3.91. The molecule has 2 aromatic carbocycles. The van der Waals surface area contributed by atoms with E-state index in [2.05, 4.69) is 16.7 Å². The van der Waals surface area contributed by atoms with Crippen molar-refractivity contribution in [2.24, 2.45) is 5.73 Å². The van der Waals surface area contributed by atoms with Crippen LogP contribution in [0.5, 0.6) is 0 Å². The normalized spacial score (nSPS) is 18.5. The number of imide groups is 1. The molecular weight excluding hydrogens is 372 g/mol. The van der Waals surface area contributed by atoms with Gasteiger partial charge in [-0.3, -0.25) is 10.1 Å². The summed E-state index contributed by atoms with van der Waals surface area (Å²) in [7, 11) is 0. The van der Waals surface area contributed by atoms with Gasteiger partial charge < -0.3 is 11.1 Å². The molecule has 0 saturated carbocycles. The van der Waals surface area contributed by atoms with Crippen molar-refractivity contribution < 1.29 is 9.59 Å². The van der Waals surface area contributed by atoms with Gasteiger partial charge in [-0.1, -0.05) is 59.3 Å². The first-order chi connectivity index (χ1) is 13.4. The number of amides is 3. The number of rotatable bonds is 3. The highest BCUT2D eigenvalue weighted by Gasteiger charge is 2.41. The number of carbonyl (C=O) groups excluding carboxylic acids is 2. The minimum absolute atomic E-state index is 0.312. The van der Waals surface area contributed by atoms with Crippen LogP contribution in [-0.4, -0.2) is 17.2 Å². The lowest BCUT2D eigenvalue weighted by Crippen LogP contribution is -2.41. The van der Waals surface area contributed by atoms with Gasteiger partial charge in [0.2, 0.25) is 5.91 Å². The highest BCUT2D eigenvalue weighted by atomic mass is 32.2. The molecule has 0 radical (unpaired) electrons. The van der Waals surface area contributed by atoms with Gasteiger partial charge in [-0.15, -0.1) is 0 Å². The Kier molecular flexibility index (Phi) is 5.71. The number of nitrogens with zero attached hydrogens (tertiary/aromatic N) is 1. The van der Waals surface area contributed by atoms with E-state index < -0.39 is 23.1 Å². The third kappa shape index (κ3) is 4.18. The maximum atomic E-state index is 12.8. The Hall–Kier alpha value is -3.24. The van der Waals surface area contributed by atoms with Crippen molar-refractivity contribution in [3.8, 4) is 6.07 Å². The molecule has 0 spiro atoms. The fourth-order valence-electron chi connectivity index (χ4n) is 3.00. The number of hydrogen-bond donors (Lipinski definition) is 3. The van der Waals surface area contributed by atoms with E-state index in [-0.39, 0.29) is 0 Å². The van der Waals surface area contributed by atoms with E-state index in [1.807, 2.05) is 50.2 Å². The highest BCUT2D eigenvalue weighted by Crippen LogP contribution is 2.45. The van der Waals surface area contributed by atoms with Crippen molar-refractivity contribution in [3.63, 3.8) is 0 Å². The number of nitrogens with one attached hydrogen (secondary N) is 2. The molecule has 2 aromatic rings. The number of thioether (sulfide) groups is 1. The average Bonchev–Trinajstić information content (AvgIpc) is 3.00. The van der Waals surface area contributed by atoms with Crippen molar-refractivity contribution in [2.75, 3.05) is 5.32 Å². The van der Waals surface area contributed by atoms with Gasteiger partial charge >= 0.3 is 6.03 Å². The number of allylic oxidation sites excluding steroid dienone is 1. The summed E-state index contributed by atoms with van der Waals surface area (Å²) in [6, 6.07) is 16.3. The largest absolute Gasteiger partial charge is 0.393 e. The second-order valence-electron chi connectivity index (χ2n) is 6.63. The van der Waals surface area contributed by atoms with Crippen molar-refractivity contribution in [1.29, 1.82) is 5.26 Å². The van der Waals surface area contributed by atoms with Gasteiger partial charge in [0.05, 0.1) is 16.7 Å². The van der Waals surface area contributed by atoms with Crippen LogP contribution in [0, 0.1) is 25.2 Å². The Balaban J connectivity index is 1.76. The zero-order chi connectivity index (χ0) is 20.3. The minimum atomic E-state index is -0.693. The maximum Gasteiger partial charge on any atom is 0.325 e. The van der Waals surface area contributed by atoms with E-state index in [9.17, 15) is 14.9 Å². The third-order valence-corrected chi connectivity index (χ3v) is 5.71. The number of carbonyl (C=O) groups is 2. The van der Waals surface area contributed by atoms with E-state index >= 15 is 0 Å². The number of urea groups is 1. The lowest BCUT2D eigenvalue weighted by molar-refractivity contribution is -0.119. The second-order valence-corrected chi connectivity index (χ2v) is 7.81. The molecule has 2 atom stereocenters. The van der Waals surface area contributed by atoms with Gasteiger partial charge in [-0.05, 0) is 31.5 Å². The summed E-state index contributed by atoms with van der Waals surface area (Å²) < 4.78 is 0. The summed E-state index contributed by atoms with van der Waals surface area (Å²) in [5, 5.41) is 14.1. The molecule has 7 heteroatoms. The number of aryl methyl sites for hydroxylation is 2. The molecule has 0 unspecified atom stereocenters. The SMILES string of the molecule is Cc1ccc(NC(=O)NC(=O)[C@@H]2SC(N)=C(C#N)[C@H]2c2ccc(C)cc2)cc1. The first-order valence-corrected chi connectivity index (χ1v) is 9.58. The van der Waals surface area contributed by atoms with Gasteiger partial charge in [0, 0.05) is 11.6 Å². The van der Waals surface area contributed by atoms with Gasteiger partial charge in [0.1, 0.15) is 5.25 Å². The lowest BCUT2D eigenvalue weighted by Gasteiger charge is -2.19. The topological polar surface area (TPSA) is 108 Å². The van der Waals surface area contributed by atoms with Gasteiger partial charge in [0.25, 0.3) is 0 Å². The zero-order valence-corrected chi connectivity index (χ0v) is 16.3. The van der Waals surface area contributed by atoms with Crippen LogP contribution in [0.1, 0.15) is 22.6 Å². The molecule has 1 aliphatic rings. The molecular formula is C21H20N4O2S. The number of benzene rings is 2. The van der Waals surface area contributed by atoms with Crippen LogP contribution < -0.4 is 16.4 Å². The average molecular weight is 392 g/mol. The number of anilines is 1. The molecule has 142 valence electrons. The Morgan fingerprint density at radius 2 is 1.61 bits per heavy atom. The Labute approximate surface area is 167 Å². The van der Waals surface area contributed by atoms with E-state index in [1.54, 1.807) is 12.1 Å². The first kappa shape index (κ1) is 19.5. The van der Waals surface area contributed by atoms with E-state index in [0.717, 1.165) is 28.5 Å². The van der Waals surface area contributed by atoms with Crippen LogP contribution in [0.15, 0.2) is 59.1 Å². The zero-order valence-electron chi connectivity index (χ0n) is 15.5. The van der Waals surface area contributed by atoms with Crippen LogP contribution >= 0.6 is 11.8 Å². The van der Waals surface area contributed by atoms with Gasteiger partial charge in [0.15, 0.2) is 0 Å². The molecule has 0 aliphatic carbocycles. The van der Waals surface area contributed by atoms with Crippen LogP contribution in [0.4, 0.5) is 10.5 Å². The van der Waals surface area contributed by atoms with Gasteiger partial charge in [-0.2, -0.15) is 5.26 Å². The summed E-state index contributed by atoms with van der Waals surface area (Å²) in [5.74, 6) is -0.990. The summed E-state index contributed by atoms with van der Waals surface area (Å²) in [5.41, 5.74) is 9.87. The van der Waals surface area contributed by atoms with Crippen molar-refractivity contribution in [1.82, 2.24) is 5.32 Å². The van der Waals surface area contributed by atoms with Crippen molar-refractivity contribution >= 4 is 29.4 Å². The van der Waals surface area contributed by atoms with Crippen LogP contribution in [0.2, 0.25) is 0 Å². The predicted molar refractivity (Wildman–Crippen MR) is 110 cm³/mol. The smallest absolute Gasteiger partial charge is 0.325 e. The van der Waals surface area contributed by atoms with Crippen LogP contribution in [0.3, 0.4) is 0 Å². The first-order valence-electron chi connectivity index (χ1n) is 8.70. The Morgan fingerprint density at radius 3 is 2.18 bits per heavy atom. The van der Waals surface area contributed by atoms with Crippen LogP contribution in [-0.2, 0) is 4.79 Å². The second kappa shape index (κ2) is 8.19. The fourth-order valence-corrected chi connectivity index (χ4v) is 4.17. The predicted octanol–water partition coefficient (Wildman–Crippen LogP) is 3.54. The third-order valence-electron chi connectivity index (χ3n) is 4.49. The Morgan fingerprint density at radius 1 is 1.04 bits per heavy atom. The van der Waals surface area contributed by atoms with E-state index in [4.69, 9.17) is 5.73 Å². The molecule has 1 heterocycles. The summed E-state index contributed by atoms with van der Waals surface area (Å²) in [4.78, 5) is 25.0. The van der Waals surface area contributed by atoms with Gasteiger partial charge in [-0.25, -0.2) is 4.79 Å². The minimum Gasteiger partial charge on any atom is -0.393 e. The molecule has 1 aliphatic heterocycles. The standard InChI is InChI=1S/C21H20N4O2S/c1-12-3-7-14(8-4-12)17-16(11-22)19(23)28-18(17)20(26)25-21(27)24-15-9-5-13(2)6-10-15/h3-10,17-18H,23H2,1-2H3,(H2,24,25,26,27)/t17-,18-/m1/s1. The molecule has 3 amide bonds. The van der Waals surface area contributed by atoms with Crippen molar-refractivity contribution in [2.45, 2.75) is 25.0 Å². The molecule has 3 rings (SSSR count). The molecule has 6 nitrogen and oxygen atoms in total. The molecule has 0 bridgehead atoms. The summed E-state index contributed by atoms with van der Waals surface area (Å²) >= 11 is 1.11. The Bertz CT molecular complexity index is 975. The number of nitrogens with two attached hydrogens (primary N) is 1. The van der Waals surface area contributed by atoms with E-state index in [0.29, 0.717) is 16.3 Å². The molecule has 0 saturated heterocycles. The molecule has 28 heavy (non-hydrogen) atoms. The quantitative estimate of drug-likeness (QED) is 0.740. The van der Waals surface area contributed by atoms with E-state index in [1.165, 1.54) is 0 Å². The van der Waals surface area contributed by atoms with Crippen molar-refractivity contribution in [3.05, 3.63) is 75.8 Å². The molecule has 0 aromatic heterocycles. The monoisotopic (exact) mass is 392 g/mol. The fraction of sp³-hybridized carbons (Fsp3) is 0.190. The van der Waals surface area contributed by atoms with Crippen LogP contribution in [0.25, 0.3) is 0 Å². The maximum absolute atomic E-state index is 12.8. The highest BCUT2D eigenvalue weighted by molar-refractivity contribution is 8.04.